The van der Waals surface area contributed by atoms with Crippen molar-refractivity contribution in [3.8, 4) is 17.0 Å². The van der Waals surface area contributed by atoms with Crippen LogP contribution in [0.2, 0.25) is 0 Å². The fraction of sp³-hybridized carbons (Fsp3) is 0.273. The predicted octanol–water partition coefficient (Wildman–Crippen LogP) is 5.51. The Hall–Kier alpha value is -2.66. The van der Waals surface area contributed by atoms with Crippen LogP contribution in [0.15, 0.2) is 53.9 Å². The van der Waals surface area contributed by atoms with E-state index in [1.54, 1.807) is 0 Å². The van der Waals surface area contributed by atoms with Crippen LogP contribution in [0.3, 0.4) is 0 Å². The van der Waals surface area contributed by atoms with E-state index < -0.39 is 0 Å². The van der Waals surface area contributed by atoms with E-state index in [9.17, 15) is 4.79 Å². The summed E-state index contributed by atoms with van der Waals surface area (Å²) in [4.78, 5) is 16.7. The zero-order chi connectivity index (χ0) is 19.2. The zero-order valence-corrected chi connectivity index (χ0v) is 16.7. The highest BCUT2D eigenvalue weighted by atomic mass is 32.1. The number of benzene rings is 2. The quantitative estimate of drug-likeness (QED) is 0.588. The molecule has 1 aromatic heterocycles. The molecular formula is C22H24N2O2S. The molecule has 27 heavy (non-hydrogen) atoms. The fourth-order valence-corrected chi connectivity index (χ4v) is 3.38. The van der Waals surface area contributed by atoms with E-state index in [1.807, 2.05) is 23.6 Å². The van der Waals surface area contributed by atoms with E-state index in [-0.39, 0.29) is 12.5 Å². The number of thiazole rings is 1. The molecule has 0 saturated carbocycles. The van der Waals surface area contributed by atoms with Crippen molar-refractivity contribution in [2.24, 2.45) is 0 Å². The maximum atomic E-state index is 12.2. The third-order valence-corrected chi connectivity index (χ3v) is 5.06. The average molecular weight is 381 g/mol. The van der Waals surface area contributed by atoms with E-state index in [0.29, 0.717) is 16.8 Å². The molecule has 0 aliphatic rings. The van der Waals surface area contributed by atoms with Crippen LogP contribution in [0.25, 0.3) is 11.3 Å². The third-order valence-electron chi connectivity index (χ3n) is 4.30. The molecule has 0 fully saturated rings. The van der Waals surface area contributed by atoms with E-state index in [4.69, 9.17) is 4.74 Å². The Morgan fingerprint density at radius 2 is 1.96 bits per heavy atom. The lowest BCUT2D eigenvalue weighted by atomic mass is 10.0. The lowest BCUT2D eigenvalue weighted by Crippen LogP contribution is -2.20. The normalized spacial score (nSPS) is 10.8. The summed E-state index contributed by atoms with van der Waals surface area (Å²) in [7, 11) is 0. The lowest BCUT2D eigenvalue weighted by Gasteiger charge is -2.09. The molecule has 0 aliphatic heterocycles. The summed E-state index contributed by atoms with van der Waals surface area (Å²) in [5.74, 6) is 0.905. The number of ether oxygens (including phenoxy) is 1. The van der Waals surface area contributed by atoms with Crippen molar-refractivity contribution in [2.45, 2.75) is 33.1 Å². The van der Waals surface area contributed by atoms with Crippen molar-refractivity contribution >= 4 is 22.4 Å². The molecule has 0 atom stereocenters. The molecule has 140 valence electrons. The highest BCUT2D eigenvalue weighted by molar-refractivity contribution is 7.14. The monoisotopic (exact) mass is 380 g/mol. The molecule has 1 N–H and O–H groups in total. The van der Waals surface area contributed by atoms with Crippen LogP contribution in [0.4, 0.5) is 5.13 Å². The topological polar surface area (TPSA) is 51.2 Å². The molecule has 1 amide bonds. The van der Waals surface area contributed by atoms with Crippen molar-refractivity contribution in [2.75, 3.05) is 11.9 Å². The molecule has 0 spiro atoms. The number of hydrogen-bond acceptors (Lipinski definition) is 4. The molecule has 0 aliphatic carbocycles. The van der Waals surface area contributed by atoms with Gasteiger partial charge in [0.05, 0.1) is 5.69 Å². The van der Waals surface area contributed by atoms with Crippen LogP contribution in [0.1, 0.15) is 37.8 Å². The minimum absolute atomic E-state index is 0.0400. The molecule has 3 aromatic rings. The van der Waals surface area contributed by atoms with Crippen LogP contribution in [0.5, 0.6) is 5.75 Å². The first-order valence-corrected chi connectivity index (χ1v) is 10.0. The van der Waals surface area contributed by atoms with Gasteiger partial charge >= 0.3 is 0 Å². The number of carbonyl (C=O) groups excluding carboxylic acids is 1. The van der Waals surface area contributed by atoms with Gasteiger partial charge in [-0.1, -0.05) is 57.2 Å². The number of rotatable bonds is 7. The average Bonchev–Trinajstić information content (AvgIpc) is 3.15. The lowest BCUT2D eigenvalue weighted by molar-refractivity contribution is -0.118. The number of aryl methyl sites for hydroxylation is 1. The van der Waals surface area contributed by atoms with Gasteiger partial charge in [-0.05, 0) is 35.6 Å². The molecule has 3 rings (SSSR count). The second kappa shape index (κ2) is 8.82. The van der Waals surface area contributed by atoms with E-state index >= 15 is 0 Å². The Kier molecular flexibility index (Phi) is 6.24. The minimum atomic E-state index is -0.216. The maximum Gasteiger partial charge on any atom is 0.264 e. The zero-order valence-electron chi connectivity index (χ0n) is 15.9. The molecule has 0 bridgehead atoms. The van der Waals surface area contributed by atoms with Crippen molar-refractivity contribution in [3.05, 3.63) is 65.0 Å². The van der Waals surface area contributed by atoms with Gasteiger partial charge in [0.2, 0.25) is 0 Å². The fourth-order valence-electron chi connectivity index (χ4n) is 2.64. The first kappa shape index (κ1) is 19.1. The highest BCUT2D eigenvalue weighted by Crippen LogP contribution is 2.25. The second-order valence-electron chi connectivity index (χ2n) is 6.65. The molecule has 5 heteroatoms. The maximum absolute atomic E-state index is 12.2. The number of aromatic nitrogens is 1. The van der Waals surface area contributed by atoms with Crippen LogP contribution >= 0.6 is 11.3 Å². The summed E-state index contributed by atoms with van der Waals surface area (Å²) in [5.41, 5.74) is 4.39. The minimum Gasteiger partial charge on any atom is -0.484 e. The van der Waals surface area contributed by atoms with Gasteiger partial charge in [-0.25, -0.2) is 4.98 Å². The second-order valence-corrected chi connectivity index (χ2v) is 7.51. The molecule has 0 radical (unpaired) electrons. The largest absolute Gasteiger partial charge is 0.484 e. The van der Waals surface area contributed by atoms with Gasteiger partial charge in [0, 0.05) is 10.9 Å². The van der Waals surface area contributed by atoms with E-state index in [2.05, 4.69) is 61.4 Å². The van der Waals surface area contributed by atoms with Gasteiger partial charge < -0.3 is 4.74 Å². The molecular weight excluding hydrogens is 356 g/mol. The Morgan fingerprint density at radius 1 is 1.19 bits per heavy atom. The Morgan fingerprint density at radius 3 is 2.67 bits per heavy atom. The molecule has 0 unspecified atom stereocenters. The molecule has 0 saturated heterocycles. The van der Waals surface area contributed by atoms with Crippen molar-refractivity contribution in [1.29, 1.82) is 0 Å². The third kappa shape index (κ3) is 5.17. The molecule has 1 heterocycles. The van der Waals surface area contributed by atoms with Crippen LogP contribution in [-0.2, 0) is 11.2 Å². The van der Waals surface area contributed by atoms with Gasteiger partial charge in [-0.2, -0.15) is 0 Å². The summed E-state index contributed by atoms with van der Waals surface area (Å²) in [6.07, 6.45) is 1.01. The van der Waals surface area contributed by atoms with Crippen molar-refractivity contribution < 1.29 is 9.53 Å². The summed E-state index contributed by atoms with van der Waals surface area (Å²) in [6.45, 7) is 6.34. The van der Waals surface area contributed by atoms with Gasteiger partial charge in [0.25, 0.3) is 5.91 Å². The summed E-state index contributed by atoms with van der Waals surface area (Å²) in [5, 5.41) is 5.33. The van der Waals surface area contributed by atoms with E-state index in [1.165, 1.54) is 22.5 Å². The van der Waals surface area contributed by atoms with Crippen LogP contribution < -0.4 is 10.1 Å². The number of nitrogens with one attached hydrogen (secondary N) is 1. The van der Waals surface area contributed by atoms with Crippen LogP contribution in [0, 0.1) is 0 Å². The number of anilines is 1. The van der Waals surface area contributed by atoms with E-state index in [0.717, 1.165) is 17.7 Å². The summed E-state index contributed by atoms with van der Waals surface area (Å²) < 4.78 is 5.61. The predicted molar refractivity (Wildman–Crippen MR) is 112 cm³/mol. The Balaban J connectivity index is 1.57. The van der Waals surface area contributed by atoms with Gasteiger partial charge in [-0.15, -0.1) is 11.3 Å². The van der Waals surface area contributed by atoms with Gasteiger partial charge in [-0.3, -0.25) is 10.1 Å². The van der Waals surface area contributed by atoms with Crippen molar-refractivity contribution in [3.63, 3.8) is 0 Å². The number of amides is 1. The smallest absolute Gasteiger partial charge is 0.264 e. The number of carbonyl (C=O) groups is 1. The highest BCUT2D eigenvalue weighted by Gasteiger charge is 2.09. The standard InChI is InChI=1S/C22H24N2O2S/c1-4-16-8-10-17(11-9-16)20-14-27-22(23-20)24-21(25)13-26-19-7-5-6-18(12-19)15(2)3/h5-12,14-15H,4,13H2,1-3H3,(H,23,24,25). The number of nitrogens with zero attached hydrogens (tertiary/aromatic N) is 1. The first-order valence-electron chi connectivity index (χ1n) is 9.12. The Bertz CT molecular complexity index is 901. The Labute approximate surface area is 164 Å². The SMILES string of the molecule is CCc1ccc(-c2csc(NC(=O)COc3cccc(C(C)C)c3)n2)cc1. The number of hydrogen-bond donors (Lipinski definition) is 1. The molecule has 2 aromatic carbocycles. The van der Waals surface area contributed by atoms with Crippen LogP contribution in [-0.4, -0.2) is 17.5 Å². The van der Waals surface area contributed by atoms with Crippen molar-refractivity contribution in [1.82, 2.24) is 4.98 Å². The first-order chi connectivity index (χ1) is 13.0. The summed E-state index contributed by atoms with van der Waals surface area (Å²) >= 11 is 1.41. The summed E-state index contributed by atoms with van der Waals surface area (Å²) in [6, 6.07) is 16.2. The molecule has 4 nitrogen and oxygen atoms in total. The van der Waals surface area contributed by atoms with Gasteiger partial charge in [0.1, 0.15) is 5.75 Å². The van der Waals surface area contributed by atoms with Gasteiger partial charge in [0.15, 0.2) is 11.7 Å².